The fraction of sp³-hybridized carbons (Fsp3) is 0.440. The predicted molar refractivity (Wildman–Crippen MR) is 117 cm³/mol. The Morgan fingerprint density at radius 2 is 1.83 bits per heavy atom. The maximum absolute atomic E-state index is 13.1. The van der Waals surface area contributed by atoms with Gasteiger partial charge in [-0.2, -0.15) is 0 Å². The Morgan fingerprint density at radius 1 is 1.00 bits per heavy atom. The standard InChI is InChI=1S/C25H29FN2O2/c26-22-6-4-5-18(15-22)10-13-27-12-3-1-2-7-23(29)21-16-19-8-9-24(30)28-14-11-20(17-21)25(19)28/h4-6,15-17,27H,1-3,7-14H2. The van der Waals surface area contributed by atoms with Gasteiger partial charge in [-0.1, -0.05) is 18.6 Å². The van der Waals surface area contributed by atoms with E-state index in [1.807, 2.05) is 23.1 Å². The number of amides is 1. The van der Waals surface area contributed by atoms with E-state index in [9.17, 15) is 14.0 Å². The molecule has 30 heavy (non-hydrogen) atoms. The lowest BCUT2D eigenvalue weighted by atomic mass is 9.94. The number of halogens is 1. The van der Waals surface area contributed by atoms with E-state index < -0.39 is 0 Å². The summed E-state index contributed by atoms with van der Waals surface area (Å²) in [7, 11) is 0. The molecule has 4 rings (SSSR count). The Morgan fingerprint density at radius 3 is 2.67 bits per heavy atom. The molecule has 2 aliphatic heterocycles. The molecule has 1 N–H and O–H groups in total. The maximum atomic E-state index is 13.1. The van der Waals surface area contributed by atoms with Crippen molar-refractivity contribution in [2.75, 3.05) is 24.5 Å². The van der Waals surface area contributed by atoms with Gasteiger partial charge in [0.25, 0.3) is 0 Å². The number of anilines is 1. The smallest absolute Gasteiger partial charge is 0.227 e. The molecule has 0 spiro atoms. The summed E-state index contributed by atoms with van der Waals surface area (Å²) < 4.78 is 13.1. The molecule has 2 heterocycles. The minimum absolute atomic E-state index is 0.185. The highest BCUT2D eigenvalue weighted by molar-refractivity contribution is 6.02. The number of rotatable bonds is 10. The van der Waals surface area contributed by atoms with Gasteiger partial charge in [0.2, 0.25) is 5.91 Å². The van der Waals surface area contributed by atoms with Crippen molar-refractivity contribution < 1.29 is 14.0 Å². The first-order valence-electron chi connectivity index (χ1n) is 11.1. The highest BCUT2D eigenvalue weighted by atomic mass is 19.1. The number of carbonyl (C=O) groups excluding carboxylic acids is 2. The maximum Gasteiger partial charge on any atom is 0.227 e. The van der Waals surface area contributed by atoms with Crippen LogP contribution < -0.4 is 10.2 Å². The summed E-state index contributed by atoms with van der Waals surface area (Å²) in [6.45, 7) is 2.50. The first-order valence-corrected chi connectivity index (χ1v) is 11.1. The SMILES string of the molecule is O=C(CCCCCNCCc1cccc(F)c1)c1cc2c3c(c1)CCN3C(=O)CC2. The van der Waals surface area contributed by atoms with Gasteiger partial charge in [-0.3, -0.25) is 9.59 Å². The van der Waals surface area contributed by atoms with E-state index >= 15 is 0 Å². The van der Waals surface area contributed by atoms with Gasteiger partial charge in [-0.25, -0.2) is 4.39 Å². The fourth-order valence-corrected chi connectivity index (χ4v) is 4.53. The molecule has 5 heteroatoms. The van der Waals surface area contributed by atoms with Crippen molar-refractivity contribution in [3.05, 3.63) is 64.5 Å². The molecule has 0 saturated carbocycles. The molecular formula is C25H29FN2O2. The Bertz CT molecular complexity index is 941. The van der Waals surface area contributed by atoms with Crippen LogP contribution in [0, 0.1) is 5.82 Å². The Kier molecular flexibility index (Phi) is 6.58. The third kappa shape index (κ3) is 4.78. The molecule has 0 radical (unpaired) electrons. The first-order chi connectivity index (χ1) is 14.6. The molecular weight excluding hydrogens is 379 g/mol. The number of Topliss-reactive ketones (excluding diaryl/α,β-unsaturated/α-hetero) is 1. The van der Waals surface area contributed by atoms with Gasteiger partial charge in [-0.05, 0) is 86.1 Å². The lowest BCUT2D eigenvalue weighted by Crippen LogP contribution is -2.32. The molecule has 0 saturated heterocycles. The molecule has 0 aliphatic carbocycles. The highest BCUT2D eigenvalue weighted by Gasteiger charge is 2.31. The number of nitrogens with one attached hydrogen (secondary N) is 1. The van der Waals surface area contributed by atoms with Crippen LogP contribution in [0.4, 0.5) is 10.1 Å². The van der Waals surface area contributed by atoms with Crippen LogP contribution in [0.2, 0.25) is 0 Å². The molecule has 158 valence electrons. The van der Waals surface area contributed by atoms with Crippen molar-refractivity contribution in [1.82, 2.24) is 5.32 Å². The number of benzene rings is 2. The lowest BCUT2D eigenvalue weighted by Gasteiger charge is -2.25. The van der Waals surface area contributed by atoms with Gasteiger partial charge in [0.05, 0.1) is 5.69 Å². The van der Waals surface area contributed by atoms with Crippen LogP contribution in [0.1, 0.15) is 59.2 Å². The molecule has 2 aromatic rings. The van der Waals surface area contributed by atoms with Crippen LogP contribution in [-0.4, -0.2) is 31.3 Å². The van der Waals surface area contributed by atoms with E-state index in [4.69, 9.17) is 0 Å². The molecule has 2 aromatic carbocycles. The first kappa shape index (κ1) is 20.7. The number of ketones is 1. The summed E-state index contributed by atoms with van der Waals surface area (Å²) in [5.41, 5.74) is 5.22. The van der Waals surface area contributed by atoms with Gasteiger partial charge < -0.3 is 10.2 Å². The molecule has 0 fully saturated rings. The average molecular weight is 409 g/mol. The Hall–Kier alpha value is -2.53. The second kappa shape index (κ2) is 9.52. The van der Waals surface area contributed by atoms with E-state index in [0.717, 1.165) is 86.1 Å². The summed E-state index contributed by atoms with van der Waals surface area (Å²) in [5, 5.41) is 3.39. The van der Waals surface area contributed by atoms with Crippen molar-refractivity contribution in [1.29, 1.82) is 0 Å². The van der Waals surface area contributed by atoms with Gasteiger partial charge in [0, 0.05) is 24.9 Å². The van der Waals surface area contributed by atoms with E-state index in [2.05, 4.69) is 5.32 Å². The quantitative estimate of drug-likeness (QED) is 0.473. The zero-order valence-corrected chi connectivity index (χ0v) is 17.4. The number of carbonyl (C=O) groups is 2. The van der Waals surface area contributed by atoms with E-state index in [1.54, 1.807) is 12.1 Å². The Labute approximate surface area is 177 Å². The van der Waals surface area contributed by atoms with Gasteiger partial charge in [0.1, 0.15) is 5.82 Å². The number of hydrogen-bond acceptors (Lipinski definition) is 3. The minimum Gasteiger partial charge on any atom is -0.316 e. The zero-order valence-electron chi connectivity index (χ0n) is 17.4. The lowest BCUT2D eigenvalue weighted by molar-refractivity contribution is -0.118. The van der Waals surface area contributed by atoms with E-state index in [-0.39, 0.29) is 17.5 Å². The zero-order chi connectivity index (χ0) is 20.9. The van der Waals surface area contributed by atoms with Crippen molar-refractivity contribution >= 4 is 17.4 Å². The summed E-state index contributed by atoms with van der Waals surface area (Å²) in [6.07, 6.45) is 6.49. The number of nitrogens with zero attached hydrogens (tertiary/aromatic N) is 1. The largest absolute Gasteiger partial charge is 0.316 e. The number of unbranched alkanes of at least 4 members (excludes halogenated alkanes) is 2. The van der Waals surface area contributed by atoms with Crippen LogP contribution in [0.25, 0.3) is 0 Å². The van der Waals surface area contributed by atoms with Crippen LogP contribution in [0.5, 0.6) is 0 Å². The second-order valence-corrected chi connectivity index (χ2v) is 8.30. The number of hydrogen-bond donors (Lipinski definition) is 1. The third-order valence-corrected chi connectivity index (χ3v) is 6.11. The van der Waals surface area contributed by atoms with E-state index in [0.29, 0.717) is 12.8 Å². The van der Waals surface area contributed by atoms with Crippen LogP contribution >= 0.6 is 0 Å². The molecule has 2 aliphatic rings. The van der Waals surface area contributed by atoms with Gasteiger partial charge in [0.15, 0.2) is 5.78 Å². The molecule has 0 bridgehead atoms. The van der Waals surface area contributed by atoms with Crippen LogP contribution in [0.15, 0.2) is 36.4 Å². The third-order valence-electron chi connectivity index (χ3n) is 6.11. The van der Waals surface area contributed by atoms with Crippen molar-refractivity contribution in [3.8, 4) is 0 Å². The predicted octanol–water partition coefficient (Wildman–Crippen LogP) is 4.24. The normalized spacial score (nSPS) is 14.8. The summed E-state index contributed by atoms with van der Waals surface area (Å²) in [6, 6.07) is 10.8. The van der Waals surface area contributed by atoms with Crippen molar-refractivity contribution in [2.45, 2.75) is 51.4 Å². The highest BCUT2D eigenvalue weighted by Crippen LogP contribution is 2.37. The van der Waals surface area contributed by atoms with E-state index in [1.165, 1.54) is 6.07 Å². The summed E-state index contributed by atoms with van der Waals surface area (Å²) >= 11 is 0. The molecule has 1 amide bonds. The van der Waals surface area contributed by atoms with Gasteiger partial charge in [-0.15, -0.1) is 0 Å². The monoisotopic (exact) mass is 408 g/mol. The summed E-state index contributed by atoms with van der Waals surface area (Å²) in [5.74, 6) is 0.240. The molecule has 0 aromatic heterocycles. The summed E-state index contributed by atoms with van der Waals surface area (Å²) in [4.78, 5) is 26.6. The van der Waals surface area contributed by atoms with Crippen molar-refractivity contribution in [2.24, 2.45) is 0 Å². The van der Waals surface area contributed by atoms with Crippen LogP contribution in [0.3, 0.4) is 0 Å². The molecule has 4 nitrogen and oxygen atoms in total. The average Bonchev–Trinajstić information content (AvgIpc) is 3.18. The van der Waals surface area contributed by atoms with Gasteiger partial charge >= 0.3 is 0 Å². The Balaban J connectivity index is 1.16. The van der Waals surface area contributed by atoms with Crippen molar-refractivity contribution in [3.63, 3.8) is 0 Å². The second-order valence-electron chi connectivity index (χ2n) is 8.30. The molecule has 0 unspecified atom stereocenters. The molecule has 0 atom stereocenters. The van der Waals surface area contributed by atoms with Crippen LogP contribution in [-0.2, 0) is 24.1 Å². The minimum atomic E-state index is -0.185. The number of aryl methyl sites for hydroxylation is 1. The topological polar surface area (TPSA) is 49.4 Å². The fourth-order valence-electron chi connectivity index (χ4n) is 4.53.